The van der Waals surface area contributed by atoms with Crippen molar-refractivity contribution in [3.05, 3.63) is 65.7 Å². The number of hydrogen-bond acceptors (Lipinski definition) is 5. The lowest BCUT2D eigenvalue weighted by Crippen LogP contribution is -2.47. The molecule has 7 heteroatoms. The first-order valence-electron chi connectivity index (χ1n) is 10.3. The van der Waals surface area contributed by atoms with Crippen LogP contribution in [0.2, 0.25) is 0 Å². The topological polar surface area (TPSA) is 84.0 Å². The molecule has 0 saturated carbocycles. The Balaban J connectivity index is 1.68. The van der Waals surface area contributed by atoms with Crippen LogP contribution in [0.4, 0.5) is 5.13 Å². The Kier molecular flexibility index (Phi) is 6.85. The molecule has 31 heavy (non-hydrogen) atoms. The minimum Gasteiger partial charge on any atom is -0.340 e. The van der Waals surface area contributed by atoms with E-state index in [1.807, 2.05) is 56.3 Å². The number of benzene rings is 2. The molecule has 2 N–H and O–H groups in total. The number of aromatic nitrogens is 2. The molecule has 1 atom stereocenters. The Morgan fingerprint density at radius 2 is 1.58 bits per heavy atom. The Morgan fingerprint density at radius 3 is 2.16 bits per heavy atom. The van der Waals surface area contributed by atoms with Gasteiger partial charge in [-0.3, -0.25) is 14.9 Å². The van der Waals surface area contributed by atoms with E-state index in [9.17, 15) is 9.59 Å². The van der Waals surface area contributed by atoms with Crippen LogP contribution >= 0.6 is 11.3 Å². The van der Waals surface area contributed by atoms with Gasteiger partial charge in [-0.25, -0.2) is 0 Å². The van der Waals surface area contributed by atoms with E-state index in [4.69, 9.17) is 0 Å². The highest BCUT2D eigenvalue weighted by Crippen LogP contribution is 2.26. The van der Waals surface area contributed by atoms with Gasteiger partial charge in [-0.15, -0.1) is 10.2 Å². The fourth-order valence-electron chi connectivity index (χ4n) is 3.04. The first kappa shape index (κ1) is 22.6. The summed E-state index contributed by atoms with van der Waals surface area (Å²) in [6.45, 7) is 10.2. The summed E-state index contributed by atoms with van der Waals surface area (Å²) < 4.78 is 0. The molecule has 0 radical (unpaired) electrons. The Hall–Kier alpha value is -3.06. The van der Waals surface area contributed by atoms with E-state index in [-0.39, 0.29) is 23.1 Å². The van der Waals surface area contributed by atoms with Crippen LogP contribution in [0.5, 0.6) is 0 Å². The molecule has 0 fully saturated rings. The van der Waals surface area contributed by atoms with Gasteiger partial charge in [0.15, 0.2) is 0 Å². The predicted octanol–water partition coefficient (Wildman–Crippen LogP) is 4.90. The molecule has 3 rings (SSSR count). The summed E-state index contributed by atoms with van der Waals surface area (Å²) in [5.74, 6) is -0.693. The van der Waals surface area contributed by atoms with Gasteiger partial charge in [0.1, 0.15) is 11.0 Å². The highest BCUT2D eigenvalue weighted by molar-refractivity contribution is 7.18. The van der Waals surface area contributed by atoms with Crippen molar-refractivity contribution in [2.45, 2.75) is 46.1 Å². The van der Waals surface area contributed by atoms with Crippen LogP contribution < -0.4 is 10.6 Å². The van der Waals surface area contributed by atoms with Crippen LogP contribution in [-0.2, 0) is 10.2 Å². The van der Waals surface area contributed by atoms with Crippen LogP contribution in [0.1, 0.15) is 50.5 Å². The summed E-state index contributed by atoms with van der Waals surface area (Å²) in [5.41, 5.74) is 2.62. The van der Waals surface area contributed by atoms with Crippen LogP contribution in [0, 0.1) is 5.92 Å². The van der Waals surface area contributed by atoms with Gasteiger partial charge < -0.3 is 5.32 Å². The van der Waals surface area contributed by atoms with E-state index in [0.717, 1.165) is 16.1 Å². The summed E-state index contributed by atoms with van der Waals surface area (Å²) in [4.78, 5) is 25.6. The average Bonchev–Trinajstić information content (AvgIpc) is 3.20. The maximum atomic E-state index is 12.9. The fourth-order valence-corrected chi connectivity index (χ4v) is 3.79. The fraction of sp³-hybridized carbons (Fsp3) is 0.333. The predicted molar refractivity (Wildman–Crippen MR) is 125 cm³/mol. The molecule has 1 heterocycles. The van der Waals surface area contributed by atoms with Crippen molar-refractivity contribution in [3.63, 3.8) is 0 Å². The molecule has 6 nitrogen and oxygen atoms in total. The second kappa shape index (κ2) is 9.39. The normalized spacial score (nSPS) is 12.5. The number of nitrogens with one attached hydrogen (secondary N) is 2. The minimum absolute atomic E-state index is 0.00963. The zero-order chi connectivity index (χ0) is 22.6. The largest absolute Gasteiger partial charge is 0.340 e. The van der Waals surface area contributed by atoms with Crippen molar-refractivity contribution >= 4 is 28.3 Å². The number of rotatable bonds is 6. The lowest BCUT2D eigenvalue weighted by Gasteiger charge is -2.22. The molecular weight excluding hydrogens is 408 g/mol. The second-order valence-electron chi connectivity index (χ2n) is 8.79. The van der Waals surface area contributed by atoms with Crippen molar-refractivity contribution < 1.29 is 9.59 Å². The molecule has 0 saturated heterocycles. The standard InChI is InChI=1S/C24H28N4O2S/c1-15(2)19(25-20(29)16-11-13-18(14-12-16)24(3,4)5)21(30)26-23-28-27-22(31-23)17-9-7-6-8-10-17/h6-15,19H,1-5H3,(H,25,29)(H,26,28,30). The van der Waals surface area contributed by atoms with Gasteiger partial charge in [-0.1, -0.05) is 88.4 Å². The molecule has 162 valence electrons. The van der Waals surface area contributed by atoms with Gasteiger partial charge in [-0.05, 0) is 29.0 Å². The third-order valence-corrected chi connectivity index (χ3v) is 5.81. The lowest BCUT2D eigenvalue weighted by atomic mass is 9.86. The van der Waals surface area contributed by atoms with Gasteiger partial charge in [0, 0.05) is 11.1 Å². The van der Waals surface area contributed by atoms with Crippen LogP contribution in [0.25, 0.3) is 10.6 Å². The summed E-state index contributed by atoms with van der Waals surface area (Å²) in [6, 6.07) is 16.4. The van der Waals surface area contributed by atoms with Gasteiger partial charge in [0.2, 0.25) is 11.0 Å². The molecule has 3 aromatic rings. The van der Waals surface area contributed by atoms with E-state index in [1.165, 1.54) is 11.3 Å². The van der Waals surface area contributed by atoms with Crippen LogP contribution in [-0.4, -0.2) is 28.1 Å². The van der Waals surface area contributed by atoms with Gasteiger partial charge >= 0.3 is 0 Å². The molecule has 0 aliphatic rings. The molecule has 1 unspecified atom stereocenters. The van der Waals surface area contributed by atoms with Crippen molar-refractivity contribution in [1.29, 1.82) is 0 Å². The maximum Gasteiger partial charge on any atom is 0.251 e. The summed E-state index contributed by atoms with van der Waals surface area (Å²) >= 11 is 1.30. The molecule has 0 spiro atoms. The monoisotopic (exact) mass is 436 g/mol. The SMILES string of the molecule is CC(C)C(NC(=O)c1ccc(C(C)(C)C)cc1)C(=O)Nc1nnc(-c2ccccc2)s1. The van der Waals surface area contributed by atoms with Crippen molar-refractivity contribution in [2.75, 3.05) is 5.32 Å². The first-order valence-corrected chi connectivity index (χ1v) is 11.1. The smallest absolute Gasteiger partial charge is 0.251 e. The van der Waals surface area contributed by atoms with Gasteiger partial charge in [-0.2, -0.15) is 0 Å². The summed E-state index contributed by atoms with van der Waals surface area (Å²) in [7, 11) is 0. The van der Waals surface area contributed by atoms with Crippen molar-refractivity contribution in [1.82, 2.24) is 15.5 Å². The lowest BCUT2D eigenvalue weighted by molar-refractivity contribution is -0.118. The Morgan fingerprint density at radius 1 is 0.935 bits per heavy atom. The second-order valence-corrected chi connectivity index (χ2v) is 9.77. The van der Waals surface area contributed by atoms with E-state index in [2.05, 4.69) is 41.6 Å². The summed E-state index contributed by atoms with van der Waals surface area (Å²) in [6.07, 6.45) is 0. The van der Waals surface area contributed by atoms with Gasteiger partial charge in [0.25, 0.3) is 5.91 Å². The highest BCUT2D eigenvalue weighted by atomic mass is 32.1. The van der Waals surface area contributed by atoms with E-state index in [0.29, 0.717) is 10.7 Å². The molecular formula is C24H28N4O2S. The van der Waals surface area contributed by atoms with Crippen molar-refractivity contribution in [2.24, 2.45) is 5.92 Å². The van der Waals surface area contributed by atoms with Crippen LogP contribution in [0.15, 0.2) is 54.6 Å². The van der Waals surface area contributed by atoms with E-state index in [1.54, 1.807) is 12.1 Å². The highest BCUT2D eigenvalue weighted by Gasteiger charge is 2.26. The van der Waals surface area contributed by atoms with Crippen molar-refractivity contribution in [3.8, 4) is 10.6 Å². The molecule has 0 aliphatic heterocycles. The minimum atomic E-state index is -0.695. The maximum absolute atomic E-state index is 12.9. The molecule has 0 bridgehead atoms. The molecule has 1 aromatic heterocycles. The first-order chi connectivity index (χ1) is 14.6. The Bertz CT molecular complexity index is 1040. The quantitative estimate of drug-likeness (QED) is 0.576. The molecule has 2 aromatic carbocycles. The van der Waals surface area contributed by atoms with E-state index < -0.39 is 6.04 Å². The molecule has 0 aliphatic carbocycles. The number of carbonyl (C=O) groups is 2. The number of hydrogen-bond donors (Lipinski definition) is 2. The third-order valence-electron chi connectivity index (χ3n) is 4.92. The number of amides is 2. The molecule has 2 amide bonds. The zero-order valence-corrected chi connectivity index (χ0v) is 19.3. The Labute approximate surface area is 187 Å². The average molecular weight is 437 g/mol. The number of anilines is 1. The van der Waals surface area contributed by atoms with Crippen LogP contribution in [0.3, 0.4) is 0 Å². The van der Waals surface area contributed by atoms with Gasteiger partial charge in [0.05, 0.1) is 0 Å². The summed E-state index contributed by atoms with van der Waals surface area (Å²) in [5, 5.41) is 15.0. The third kappa shape index (κ3) is 5.76. The zero-order valence-electron chi connectivity index (χ0n) is 18.5. The number of carbonyl (C=O) groups excluding carboxylic acids is 2. The number of nitrogens with zero attached hydrogens (tertiary/aromatic N) is 2. The van der Waals surface area contributed by atoms with E-state index >= 15 is 0 Å².